The number of hydrogen-bond acceptors (Lipinski definition) is 7. The van der Waals surface area contributed by atoms with E-state index in [0.717, 1.165) is 5.56 Å². The van der Waals surface area contributed by atoms with Crippen molar-refractivity contribution in [2.24, 2.45) is 0 Å². The third-order valence-corrected chi connectivity index (χ3v) is 3.67. The quantitative estimate of drug-likeness (QED) is 0.476. The van der Waals surface area contributed by atoms with Crippen molar-refractivity contribution in [3.8, 4) is 11.4 Å². The van der Waals surface area contributed by atoms with Crippen molar-refractivity contribution in [3.63, 3.8) is 0 Å². The summed E-state index contributed by atoms with van der Waals surface area (Å²) >= 11 is 0. The lowest BCUT2D eigenvalue weighted by atomic mass is 10.1. The average molecular weight is 351 g/mol. The van der Waals surface area contributed by atoms with Gasteiger partial charge in [0.15, 0.2) is 12.4 Å². The van der Waals surface area contributed by atoms with Crippen LogP contribution >= 0.6 is 0 Å². The maximum absolute atomic E-state index is 12.0. The standard InChI is InChI=1S/C19H17N3O4/c1-13-4-6-14(7-5-13)16(23)8-9-18(24)25-12-17-21-19(22-26-17)15-3-2-10-20-11-15/h2-7,10-11H,8-9,12H2,1H3. The second kappa shape index (κ2) is 8.15. The van der Waals surface area contributed by atoms with Crippen molar-refractivity contribution in [1.29, 1.82) is 0 Å². The molecule has 7 nitrogen and oxygen atoms in total. The molecule has 0 aliphatic heterocycles. The van der Waals surface area contributed by atoms with Gasteiger partial charge in [-0.3, -0.25) is 14.6 Å². The van der Waals surface area contributed by atoms with Crippen LogP contribution in [0.15, 0.2) is 53.3 Å². The lowest BCUT2D eigenvalue weighted by molar-refractivity contribution is -0.145. The highest BCUT2D eigenvalue weighted by atomic mass is 16.6. The van der Waals surface area contributed by atoms with Gasteiger partial charge < -0.3 is 9.26 Å². The fourth-order valence-corrected chi connectivity index (χ4v) is 2.24. The molecule has 3 aromatic rings. The van der Waals surface area contributed by atoms with E-state index in [1.807, 2.05) is 19.1 Å². The molecule has 0 aliphatic rings. The molecule has 0 radical (unpaired) electrons. The van der Waals surface area contributed by atoms with Crippen LogP contribution in [-0.2, 0) is 16.1 Å². The summed E-state index contributed by atoms with van der Waals surface area (Å²) in [6.45, 7) is 1.81. The lowest BCUT2D eigenvalue weighted by Gasteiger charge is -2.02. The van der Waals surface area contributed by atoms with Crippen molar-refractivity contribution in [2.45, 2.75) is 26.4 Å². The highest BCUT2D eigenvalue weighted by Gasteiger charge is 2.13. The molecule has 0 N–H and O–H groups in total. The smallest absolute Gasteiger partial charge is 0.306 e. The van der Waals surface area contributed by atoms with Gasteiger partial charge in [0.1, 0.15) is 0 Å². The first-order valence-corrected chi connectivity index (χ1v) is 8.10. The van der Waals surface area contributed by atoms with Gasteiger partial charge in [0.2, 0.25) is 5.82 Å². The largest absolute Gasteiger partial charge is 0.456 e. The van der Waals surface area contributed by atoms with Crippen LogP contribution in [0.4, 0.5) is 0 Å². The Morgan fingerprint density at radius 3 is 2.65 bits per heavy atom. The van der Waals surface area contributed by atoms with E-state index in [1.165, 1.54) is 0 Å². The number of carbonyl (C=O) groups is 2. The number of benzene rings is 1. The van der Waals surface area contributed by atoms with Gasteiger partial charge in [-0.1, -0.05) is 35.0 Å². The minimum Gasteiger partial charge on any atom is -0.456 e. The molecule has 7 heteroatoms. The minimum absolute atomic E-state index is 0.00366. The van der Waals surface area contributed by atoms with Crippen LogP contribution in [0.5, 0.6) is 0 Å². The van der Waals surface area contributed by atoms with Gasteiger partial charge >= 0.3 is 5.97 Å². The van der Waals surface area contributed by atoms with Crippen LogP contribution in [0.25, 0.3) is 11.4 Å². The molecule has 0 aliphatic carbocycles. The predicted octanol–water partition coefficient (Wildman–Crippen LogP) is 3.15. The summed E-state index contributed by atoms with van der Waals surface area (Å²) in [6.07, 6.45) is 3.34. The molecule has 0 atom stereocenters. The van der Waals surface area contributed by atoms with Crippen LogP contribution in [0.1, 0.15) is 34.7 Å². The Morgan fingerprint density at radius 2 is 1.92 bits per heavy atom. The van der Waals surface area contributed by atoms with E-state index in [4.69, 9.17) is 9.26 Å². The molecule has 0 saturated carbocycles. The van der Waals surface area contributed by atoms with Gasteiger partial charge in [0.05, 0.1) is 6.42 Å². The summed E-state index contributed by atoms with van der Waals surface area (Å²) in [4.78, 5) is 32.0. The van der Waals surface area contributed by atoms with E-state index in [0.29, 0.717) is 17.0 Å². The molecule has 1 aromatic carbocycles. The molecule has 0 unspecified atom stereocenters. The number of ether oxygens (including phenoxy) is 1. The first kappa shape index (κ1) is 17.5. The normalized spacial score (nSPS) is 10.5. The van der Waals surface area contributed by atoms with Crippen LogP contribution < -0.4 is 0 Å². The van der Waals surface area contributed by atoms with Crippen molar-refractivity contribution >= 4 is 11.8 Å². The summed E-state index contributed by atoms with van der Waals surface area (Å²) in [5, 5.41) is 3.81. The van der Waals surface area contributed by atoms with Crippen molar-refractivity contribution in [3.05, 3.63) is 65.8 Å². The minimum atomic E-state index is -0.494. The van der Waals surface area contributed by atoms with E-state index >= 15 is 0 Å². The number of carbonyl (C=O) groups excluding carboxylic acids is 2. The number of Topliss-reactive ketones (excluding diaryl/α,β-unsaturated/α-hetero) is 1. The zero-order valence-electron chi connectivity index (χ0n) is 14.2. The Kier molecular flexibility index (Phi) is 5.48. The van der Waals surface area contributed by atoms with Gasteiger partial charge in [-0.15, -0.1) is 0 Å². The van der Waals surface area contributed by atoms with Gasteiger partial charge in [-0.05, 0) is 19.1 Å². The Bertz CT molecular complexity index is 889. The number of hydrogen-bond donors (Lipinski definition) is 0. The van der Waals surface area contributed by atoms with Gasteiger partial charge in [-0.2, -0.15) is 4.98 Å². The van der Waals surface area contributed by atoms with Crippen LogP contribution in [0.3, 0.4) is 0 Å². The second-order valence-electron chi connectivity index (χ2n) is 5.70. The summed E-state index contributed by atoms with van der Waals surface area (Å²) in [5.74, 6) is -0.0362. The number of esters is 1. The van der Waals surface area contributed by atoms with Gasteiger partial charge in [-0.25, -0.2) is 0 Å². The first-order chi connectivity index (χ1) is 12.6. The second-order valence-corrected chi connectivity index (χ2v) is 5.70. The van der Waals surface area contributed by atoms with E-state index in [-0.39, 0.29) is 31.1 Å². The number of aryl methyl sites for hydroxylation is 1. The summed E-state index contributed by atoms with van der Waals surface area (Å²) in [5.41, 5.74) is 2.37. The molecule has 0 saturated heterocycles. The summed E-state index contributed by atoms with van der Waals surface area (Å²) in [7, 11) is 0. The molecular formula is C19H17N3O4. The average Bonchev–Trinajstić information content (AvgIpc) is 3.15. The Hall–Kier alpha value is -3.35. The number of rotatable bonds is 7. The third kappa shape index (κ3) is 4.60. The van der Waals surface area contributed by atoms with Crippen molar-refractivity contribution in [2.75, 3.05) is 0 Å². The Balaban J connectivity index is 1.46. The molecule has 2 heterocycles. The third-order valence-electron chi connectivity index (χ3n) is 3.67. The van der Waals surface area contributed by atoms with Crippen molar-refractivity contribution in [1.82, 2.24) is 15.1 Å². The fraction of sp³-hybridized carbons (Fsp3) is 0.211. The molecular weight excluding hydrogens is 334 g/mol. The number of aromatic nitrogens is 3. The molecule has 3 rings (SSSR count). The van der Waals surface area contributed by atoms with E-state index in [2.05, 4.69) is 15.1 Å². The number of ketones is 1. The fourth-order valence-electron chi connectivity index (χ4n) is 2.24. The first-order valence-electron chi connectivity index (χ1n) is 8.10. The maximum atomic E-state index is 12.0. The maximum Gasteiger partial charge on any atom is 0.306 e. The Labute approximate surface area is 150 Å². The van der Waals surface area contributed by atoms with Crippen LogP contribution in [0, 0.1) is 6.92 Å². The van der Waals surface area contributed by atoms with Crippen LogP contribution in [0.2, 0.25) is 0 Å². The number of nitrogens with zero attached hydrogens (tertiary/aromatic N) is 3. The molecule has 0 bridgehead atoms. The molecule has 0 fully saturated rings. The van der Waals surface area contributed by atoms with Gasteiger partial charge in [0, 0.05) is 29.9 Å². The molecule has 0 amide bonds. The van der Waals surface area contributed by atoms with E-state index in [9.17, 15) is 9.59 Å². The summed E-state index contributed by atoms with van der Waals surface area (Å²) < 4.78 is 10.1. The predicted molar refractivity (Wildman–Crippen MR) is 92.1 cm³/mol. The van der Waals surface area contributed by atoms with Crippen molar-refractivity contribution < 1.29 is 18.8 Å². The highest BCUT2D eigenvalue weighted by Crippen LogP contribution is 2.14. The van der Waals surface area contributed by atoms with Crippen LogP contribution in [-0.4, -0.2) is 26.9 Å². The zero-order valence-corrected chi connectivity index (χ0v) is 14.2. The van der Waals surface area contributed by atoms with E-state index < -0.39 is 5.97 Å². The Morgan fingerprint density at radius 1 is 1.12 bits per heavy atom. The molecule has 26 heavy (non-hydrogen) atoms. The highest BCUT2D eigenvalue weighted by molar-refractivity contribution is 5.97. The lowest BCUT2D eigenvalue weighted by Crippen LogP contribution is -2.08. The SMILES string of the molecule is Cc1ccc(C(=O)CCC(=O)OCc2nc(-c3cccnc3)no2)cc1. The zero-order chi connectivity index (χ0) is 18.4. The summed E-state index contributed by atoms with van der Waals surface area (Å²) in [6, 6.07) is 10.8. The van der Waals surface area contributed by atoms with Gasteiger partial charge in [0.25, 0.3) is 5.89 Å². The molecule has 2 aromatic heterocycles. The van der Waals surface area contributed by atoms with E-state index in [1.54, 1.807) is 36.7 Å². The molecule has 0 spiro atoms. The number of pyridine rings is 1. The molecule has 132 valence electrons. The monoisotopic (exact) mass is 351 g/mol. The topological polar surface area (TPSA) is 95.2 Å².